The van der Waals surface area contributed by atoms with Crippen LogP contribution in [0.5, 0.6) is 0 Å². The maximum Gasteiger partial charge on any atom is 0.208 e. The average Bonchev–Trinajstić information content (AvgIpc) is 3.34. The molecule has 120 valence electrons. The lowest BCUT2D eigenvalue weighted by atomic mass is 10.1. The molecule has 0 aliphatic carbocycles. The van der Waals surface area contributed by atoms with Gasteiger partial charge in [-0.3, -0.25) is 9.89 Å². The van der Waals surface area contributed by atoms with Gasteiger partial charge in [-0.25, -0.2) is 4.98 Å². The van der Waals surface area contributed by atoms with Crippen LogP contribution in [0.4, 0.5) is 0 Å². The van der Waals surface area contributed by atoms with Crippen LogP contribution in [0.1, 0.15) is 21.1 Å². The predicted molar refractivity (Wildman–Crippen MR) is 96.9 cm³/mol. The van der Waals surface area contributed by atoms with Crippen molar-refractivity contribution < 1.29 is 4.79 Å². The molecule has 2 N–H and O–H groups in total. The number of fused-ring (bicyclic) bond motifs is 1. The molecule has 0 atom stereocenters. The summed E-state index contributed by atoms with van der Waals surface area (Å²) >= 11 is 3.05. The molecule has 0 spiro atoms. The Bertz CT molecular complexity index is 971. The van der Waals surface area contributed by atoms with Gasteiger partial charge in [0, 0.05) is 34.0 Å². The third kappa shape index (κ3) is 3.13. The number of nitrogens with one attached hydrogen (secondary N) is 2. The highest BCUT2D eigenvalue weighted by atomic mass is 32.2. The van der Waals surface area contributed by atoms with Crippen molar-refractivity contribution in [2.75, 3.05) is 5.75 Å². The molecule has 0 aliphatic heterocycles. The van der Waals surface area contributed by atoms with Crippen molar-refractivity contribution in [1.82, 2.24) is 20.2 Å². The minimum Gasteiger partial charge on any atom is -0.360 e. The molecule has 0 unspecified atom stereocenters. The van der Waals surface area contributed by atoms with Crippen molar-refractivity contribution in [3.05, 3.63) is 64.2 Å². The van der Waals surface area contributed by atoms with Gasteiger partial charge in [-0.15, -0.1) is 16.4 Å². The van der Waals surface area contributed by atoms with Crippen LogP contribution in [0.15, 0.2) is 53.1 Å². The van der Waals surface area contributed by atoms with Gasteiger partial charge in [0.25, 0.3) is 0 Å². The number of thiophene rings is 1. The van der Waals surface area contributed by atoms with E-state index in [2.05, 4.69) is 26.2 Å². The number of Topliss-reactive ketones (excluding diaryl/α,β-unsaturated/α-hetero) is 1. The van der Waals surface area contributed by atoms with Gasteiger partial charge in [-0.2, -0.15) is 0 Å². The van der Waals surface area contributed by atoms with E-state index in [4.69, 9.17) is 0 Å². The van der Waals surface area contributed by atoms with Gasteiger partial charge in [0.15, 0.2) is 5.78 Å². The first-order valence-electron chi connectivity index (χ1n) is 7.45. The summed E-state index contributed by atoms with van der Waals surface area (Å²) < 4.78 is 0. The van der Waals surface area contributed by atoms with Gasteiger partial charge in [0.05, 0.1) is 5.75 Å². The van der Waals surface area contributed by atoms with Gasteiger partial charge >= 0.3 is 0 Å². The zero-order chi connectivity index (χ0) is 16.4. The fraction of sp³-hybridized carbons (Fsp3) is 0.118. The maximum atomic E-state index is 12.5. The first-order chi connectivity index (χ1) is 11.8. The Morgan fingerprint density at radius 2 is 2.12 bits per heavy atom. The fourth-order valence-electron chi connectivity index (χ4n) is 2.51. The van der Waals surface area contributed by atoms with Crippen LogP contribution in [0, 0.1) is 0 Å². The summed E-state index contributed by atoms with van der Waals surface area (Å²) in [5, 5.41) is 10.7. The van der Waals surface area contributed by atoms with Crippen LogP contribution >= 0.6 is 23.1 Å². The average molecular weight is 354 g/mol. The summed E-state index contributed by atoms with van der Waals surface area (Å²) in [6, 6.07) is 11.9. The van der Waals surface area contributed by atoms with E-state index in [9.17, 15) is 4.79 Å². The van der Waals surface area contributed by atoms with Gasteiger partial charge < -0.3 is 4.98 Å². The molecule has 4 rings (SSSR count). The fourth-order valence-corrected chi connectivity index (χ4v) is 3.92. The van der Waals surface area contributed by atoms with Crippen molar-refractivity contribution in [3.8, 4) is 0 Å². The van der Waals surface area contributed by atoms with Gasteiger partial charge in [-0.1, -0.05) is 36.0 Å². The van der Waals surface area contributed by atoms with E-state index in [0.717, 1.165) is 23.1 Å². The van der Waals surface area contributed by atoms with Crippen molar-refractivity contribution in [2.45, 2.75) is 11.6 Å². The number of hydrogen-bond acceptors (Lipinski definition) is 5. The van der Waals surface area contributed by atoms with Gasteiger partial charge in [0.1, 0.15) is 5.82 Å². The van der Waals surface area contributed by atoms with Crippen LogP contribution in [-0.4, -0.2) is 31.7 Å². The van der Waals surface area contributed by atoms with Crippen molar-refractivity contribution >= 4 is 39.8 Å². The maximum absolute atomic E-state index is 12.5. The molecule has 0 fully saturated rings. The molecule has 0 amide bonds. The molecule has 3 aromatic heterocycles. The number of benzene rings is 1. The number of carbonyl (C=O) groups excluding carboxylic acids is 1. The standard InChI is InChI=1S/C17H14N4OS2/c22-15(13-9-18-14-6-2-1-5-12(13)14)10-24-17-19-16(20-21-17)8-11-4-3-7-23-11/h1-7,9,18H,8,10H2,(H,19,20,21). The number of H-pyrrole nitrogens is 2. The number of aromatic nitrogens is 4. The number of para-hydroxylation sites is 1. The van der Waals surface area contributed by atoms with E-state index in [1.165, 1.54) is 16.6 Å². The summed E-state index contributed by atoms with van der Waals surface area (Å²) in [5.74, 6) is 1.21. The Morgan fingerprint density at radius 1 is 1.21 bits per heavy atom. The number of aromatic amines is 2. The van der Waals surface area contributed by atoms with E-state index < -0.39 is 0 Å². The second-order valence-corrected chi connectivity index (χ2v) is 7.26. The van der Waals surface area contributed by atoms with E-state index >= 15 is 0 Å². The van der Waals surface area contributed by atoms with E-state index in [-0.39, 0.29) is 5.78 Å². The highest BCUT2D eigenvalue weighted by Gasteiger charge is 2.14. The Labute approximate surface area is 146 Å². The quantitative estimate of drug-likeness (QED) is 0.407. The number of ketones is 1. The first-order valence-corrected chi connectivity index (χ1v) is 9.32. The molecule has 3 heterocycles. The third-order valence-electron chi connectivity index (χ3n) is 3.65. The van der Waals surface area contributed by atoms with Gasteiger partial charge in [-0.05, 0) is 17.5 Å². The number of rotatable bonds is 6. The summed E-state index contributed by atoms with van der Waals surface area (Å²) in [6.45, 7) is 0. The topological polar surface area (TPSA) is 74.4 Å². The summed E-state index contributed by atoms with van der Waals surface area (Å²) in [7, 11) is 0. The Balaban J connectivity index is 1.41. The summed E-state index contributed by atoms with van der Waals surface area (Å²) in [6.07, 6.45) is 2.51. The molecule has 1 aromatic carbocycles. The molecule has 0 bridgehead atoms. The molecule has 5 nitrogen and oxygen atoms in total. The summed E-state index contributed by atoms with van der Waals surface area (Å²) in [4.78, 5) is 21.3. The van der Waals surface area contributed by atoms with Crippen molar-refractivity contribution in [1.29, 1.82) is 0 Å². The predicted octanol–water partition coefficient (Wildman–Crippen LogP) is 3.91. The molecule has 0 saturated carbocycles. The Kier molecular flexibility index (Phi) is 4.18. The van der Waals surface area contributed by atoms with Crippen LogP contribution < -0.4 is 0 Å². The van der Waals surface area contributed by atoms with Crippen LogP contribution in [0.25, 0.3) is 10.9 Å². The third-order valence-corrected chi connectivity index (χ3v) is 5.38. The molecular formula is C17H14N4OS2. The van der Waals surface area contributed by atoms with Crippen LogP contribution in [0.2, 0.25) is 0 Å². The molecule has 0 saturated heterocycles. The lowest BCUT2D eigenvalue weighted by Crippen LogP contribution is -2.01. The first kappa shape index (κ1) is 15.2. The lowest BCUT2D eigenvalue weighted by molar-refractivity contribution is 0.102. The highest BCUT2D eigenvalue weighted by molar-refractivity contribution is 7.99. The van der Waals surface area contributed by atoms with Crippen LogP contribution in [0.3, 0.4) is 0 Å². The summed E-state index contributed by atoms with van der Waals surface area (Å²) in [5.41, 5.74) is 1.69. The largest absolute Gasteiger partial charge is 0.360 e. The molecule has 0 aliphatic rings. The monoisotopic (exact) mass is 354 g/mol. The smallest absolute Gasteiger partial charge is 0.208 e. The van der Waals surface area contributed by atoms with Gasteiger partial charge in [0.2, 0.25) is 5.16 Å². The highest BCUT2D eigenvalue weighted by Crippen LogP contribution is 2.22. The number of carbonyl (C=O) groups is 1. The number of thioether (sulfide) groups is 1. The van der Waals surface area contributed by atoms with Crippen molar-refractivity contribution in [2.24, 2.45) is 0 Å². The zero-order valence-electron chi connectivity index (χ0n) is 12.7. The normalized spacial score (nSPS) is 11.2. The molecular weight excluding hydrogens is 340 g/mol. The zero-order valence-corrected chi connectivity index (χ0v) is 14.3. The van der Waals surface area contributed by atoms with E-state index in [1.807, 2.05) is 35.7 Å². The molecule has 7 heteroatoms. The molecule has 4 aromatic rings. The Hall–Kier alpha value is -2.38. The SMILES string of the molecule is O=C(CSc1n[nH]c(Cc2cccs2)n1)c1c[nH]c2ccccc12. The van der Waals surface area contributed by atoms with Crippen LogP contribution in [-0.2, 0) is 6.42 Å². The second kappa shape index (κ2) is 6.62. The van der Waals surface area contributed by atoms with E-state index in [0.29, 0.717) is 16.5 Å². The minimum absolute atomic E-state index is 0.0713. The second-order valence-electron chi connectivity index (χ2n) is 5.28. The number of hydrogen-bond donors (Lipinski definition) is 2. The minimum atomic E-state index is 0.0713. The van der Waals surface area contributed by atoms with Crippen molar-refractivity contribution in [3.63, 3.8) is 0 Å². The van der Waals surface area contributed by atoms with E-state index in [1.54, 1.807) is 17.5 Å². The molecule has 24 heavy (non-hydrogen) atoms. The molecule has 0 radical (unpaired) electrons. The Morgan fingerprint density at radius 3 is 3.00 bits per heavy atom. The number of nitrogens with zero attached hydrogens (tertiary/aromatic N) is 2. The lowest BCUT2D eigenvalue weighted by Gasteiger charge is -1.97.